The number of imide groups is 1. The molecule has 3 heterocycles. The Hall–Kier alpha value is -6.10. The summed E-state index contributed by atoms with van der Waals surface area (Å²) in [5.41, 5.74) is 0.921. The number of amides is 5. The van der Waals surface area contributed by atoms with Crippen molar-refractivity contribution >= 4 is 51.1 Å². The third-order valence-electron chi connectivity index (χ3n) is 8.15. The molecule has 2 N–H and O–H groups in total. The number of carbonyl (C=O) groups excluding carboxylic acids is 4. The zero-order valence-electron chi connectivity index (χ0n) is 28.6. The number of ether oxygens (including phenoxy) is 2. The molecule has 0 spiro atoms. The van der Waals surface area contributed by atoms with Crippen LogP contribution in [0.5, 0.6) is 11.8 Å². The molecular formula is C34H31F4N7O8S. The Balaban J connectivity index is 0.000000208. The van der Waals surface area contributed by atoms with E-state index in [2.05, 4.69) is 26.2 Å². The quantitative estimate of drug-likeness (QED) is 0.190. The summed E-state index contributed by atoms with van der Waals surface area (Å²) in [5, 5.41) is 2.11. The first-order valence-corrected chi connectivity index (χ1v) is 17.6. The number of methoxy groups -OCH3 is 1. The molecule has 6 rings (SSSR count). The van der Waals surface area contributed by atoms with Gasteiger partial charge >= 0.3 is 18.2 Å². The van der Waals surface area contributed by atoms with Crippen LogP contribution in [0.25, 0.3) is 0 Å². The topological polar surface area (TPSA) is 190 Å². The van der Waals surface area contributed by atoms with Gasteiger partial charge in [-0.05, 0) is 56.7 Å². The molecule has 54 heavy (non-hydrogen) atoms. The van der Waals surface area contributed by atoms with Crippen molar-refractivity contribution < 1.29 is 54.6 Å². The van der Waals surface area contributed by atoms with Crippen molar-refractivity contribution in [3.05, 3.63) is 64.7 Å². The minimum Gasteiger partial charge on any atom is -0.481 e. The predicted octanol–water partition coefficient (Wildman–Crippen LogP) is 4.12. The van der Waals surface area contributed by atoms with Crippen LogP contribution in [0.3, 0.4) is 0 Å². The third kappa shape index (κ3) is 8.74. The van der Waals surface area contributed by atoms with Crippen LogP contribution in [0.2, 0.25) is 0 Å². The van der Waals surface area contributed by atoms with E-state index in [0.717, 1.165) is 29.9 Å². The minimum absolute atomic E-state index is 0.0170. The molecule has 0 saturated carbocycles. The SMILES string of the molecule is C#CCN1C(=O)COc2cc(F)c(N3C(=O)C4=C(CCCC4)C3=O)cc21.COc1nc(C)nc(NC(=O)NS(=O)(=O)c2ccccc2CCC(F)(F)F)n1. The lowest BCUT2D eigenvalue weighted by molar-refractivity contribution is -0.134. The first kappa shape index (κ1) is 39.1. The van der Waals surface area contributed by atoms with Crippen LogP contribution in [0.15, 0.2) is 52.4 Å². The lowest BCUT2D eigenvalue weighted by Gasteiger charge is -2.29. The van der Waals surface area contributed by atoms with Crippen LogP contribution < -0.4 is 29.3 Å². The van der Waals surface area contributed by atoms with Crippen molar-refractivity contribution in [1.29, 1.82) is 0 Å². The van der Waals surface area contributed by atoms with Crippen LogP contribution in [-0.4, -0.2) is 73.6 Å². The lowest BCUT2D eigenvalue weighted by Crippen LogP contribution is -2.39. The normalized spacial score (nSPS) is 15.4. The average molecular weight is 774 g/mol. The Morgan fingerprint density at radius 3 is 2.33 bits per heavy atom. The van der Waals surface area contributed by atoms with E-state index in [0.29, 0.717) is 24.0 Å². The number of rotatable bonds is 8. The number of aromatic nitrogens is 3. The van der Waals surface area contributed by atoms with Gasteiger partial charge in [-0.25, -0.2) is 27.2 Å². The Bertz CT molecular complexity index is 2180. The van der Waals surface area contributed by atoms with Gasteiger partial charge < -0.3 is 9.47 Å². The van der Waals surface area contributed by atoms with Gasteiger partial charge in [0.25, 0.3) is 27.7 Å². The van der Waals surface area contributed by atoms with Gasteiger partial charge in [0.1, 0.15) is 11.6 Å². The molecule has 15 nitrogen and oxygen atoms in total. The average Bonchev–Trinajstić information content (AvgIpc) is 3.36. The fourth-order valence-electron chi connectivity index (χ4n) is 5.76. The summed E-state index contributed by atoms with van der Waals surface area (Å²) in [6, 6.07) is 6.18. The van der Waals surface area contributed by atoms with Crippen molar-refractivity contribution in [1.82, 2.24) is 19.7 Å². The molecule has 2 aliphatic heterocycles. The van der Waals surface area contributed by atoms with Gasteiger partial charge in [-0.1, -0.05) is 24.1 Å². The fourth-order valence-corrected chi connectivity index (χ4v) is 6.94. The van der Waals surface area contributed by atoms with Gasteiger partial charge in [-0.3, -0.25) is 24.6 Å². The monoisotopic (exact) mass is 773 g/mol. The van der Waals surface area contributed by atoms with E-state index in [1.165, 1.54) is 43.2 Å². The molecule has 2 aromatic carbocycles. The number of nitrogens with one attached hydrogen (secondary N) is 2. The van der Waals surface area contributed by atoms with Crippen LogP contribution in [0.1, 0.15) is 43.5 Å². The minimum atomic E-state index is -4.45. The summed E-state index contributed by atoms with van der Waals surface area (Å²) < 4.78 is 88.7. The van der Waals surface area contributed by atoms with Gasteiger partial charge in [-0.2, -0.15) is 28.1 Å². The number of carbonyl (C=O) groups is 4. The van der Waals surface area contributed by atoms with E-state index in [4.69, 9.17) is 15.9 Å². The first-order chi connectivity index (χ1) is 25.5. The summed E-state index contributed by atoms with van der Waals surface area (Å²) in [5.74, 6) is 0.355. The number of benzene rings is 2. The second-order valence-electron chi connectivity index (χ2n) is 11.8. The number of terminal acetylenes is 1. The van der Waals surface area contributed by atoms with Crippen molar-refractivity contribution in [3.8, 4) is 24.1 Å². The molecule has 0 bridgehead atoms. The number of aryl methyl sites for hydroxylation is 2. The Labute approximate surface area is 305 Å². The Morgan fingerprint density at radius 1 is 1.04 bits per heavy atom. The highest BCUT2D eigenvalue weighted by Gasteiger charge is 2.42. The highest BCUT2D eigenvalue weighted by atomic mass is 32.2. The highest BCUT2D eigenvalue weighted by Crippen LogP contribution is 2.41. The lowest BCUT2D eigenvalue weighted by atomic mass is 9.93. The van der Waals surface area contributed by atoms with E-state index in [-0.39, 0.29) is 59.5 Å². The fraction of sp³-hybridized carbons (Fsp3) is 0.324. The van der Waals surface area contributed by atoms with Gasteiger partial charge in [0, 0.05) is 23.6 Å². The highest BCUT2D eigenvalue weighted by molar-refractivity contribution is 7.90. The largest absolute Gasteiger partial charge is 0.481 e. The Kier molecular flexibility index (Phi) is 11.5. The molecule has 1 aliphatic carbocycles. The number of hydrogen-bond acceptors (Lipinski definition) is 11. The smallest absolute Gasteiger partial charge is 0.389 e. The number of alkyl halides is 3. The third-order valence-corrected chi connectivity index (χ3v) is 9.59. The number of nitrogens with zero attached hydrogens (tertiary/aromatic N) is 5. The number of anilines is 3. The standard InChI is InChI=1S/C19H15FN2O4.C15H16F3N5O4S/c1-2-7-21-15-9-14(13(20)8-16(15)26-10-17(21)23)22-18(24)11-5-3-4-6-12(11)19(22)25;1-9-19-12(22-14(20-9)27-2)21-13(24)23-28(25,26)11-6-4-3-5-10(11)7-8-15(16,17)18/h1,8-9H,3-7,10H2;3-6H,7-8H2,1-2H3,(H2,19,20,21,22,23,24). The molecule has 1 aromatic heterocycles. The molecule has 0 radical (unpaired) electrons. The summed E-state index contributed by atoms with van der Waals surface area (Å²) in [6.45, 7) is 1.24. The van der Waals surface area contributed by atoms with Crippen LogP contribution in [0.4, 0.5) is 39.7 Å². The van der Waals surface area contributed by atoms with Gasteiger partial charge in [0.05, 0.1) is 29.9 Å². The zero-order valence-corrected chi connectivity index (χ0v) is 29.4. The molecule has 0 unspecified atom stereocenters. The summed E-state index contributed by atoms with van der Waals surface area (Å²) in [4.78, 5) is 62.5. The maximum Gasteiger partial charge on any atom is 0.389 e. The molecule has 5 amide bonds. The first-order valence-electron chi connectivity index (χ1n) is 16.1. The second-order valence-corrected chi connectivity index (χ2v) is 13.5. The number of sulfonamides is 1. The zero-order chi connectivity index (χ0) is 39.4. The van der Waals surface area contributed by atoms with E-state index < -0.39 is 57.6 Å². The van der Waals surface area contributed by atoms with Crippen LogP contribution in [0, 0.1) is 25.1 Å². The molecule has 3 aromatic rings. The summed E-state index contributed by atoms with van der Waals surface area (Å²) in [6.07, 6.45) is 1.82. The Morgan fingerprint density at radius 2 is 1.70 bits per heavy atom. The van der Waals surface area contributed by atoms with Crippen molar-refractivity contribution in [2.45, 2.75) is 56.5 Å². The number of urea groups is 1. The molecule has 3 aliphatic rings. The maximum absolute atomic E-state index is 14.7. The maximum atomic E-state index is 14.7. The molecule has 284 valence electrons. The molecule has 0 atom stereocenters. The van der Waals surface area contributed by atoms with E-state index in [9.17, 15) is 45.2 Å². The van der Waals surface area contributed by atoms with Gasteiger partial charge in [-0.15, -0.1) is 6.42 Å². The van der Waals surface area contributed by atoms with E-state index in [1.54, 1.807) is 4.72 Å². The molecule has 20 heteroatoms. The van der Waals surface area contributed by atoms with Crippen molar-refractivity contribution in [3.63, 3.8) is 0 Å². The van der Waals surface area contributed by atoms with E-state index >= 15 is 0 Å². The number of fused-ring (bicyclic) bond motifs is 1. The molecular weight excluding hydrogens is 742 g/mol. The number of hydrogen-bond donors (Lipinski definition) is 2. The molecule has 0 fully saturated rings. The van der Waals surface area contributed by atoms with E-state index in [1.807, 2.05) is 0 Å². The van der Waals surface area contributed by atoms with Crippen LogP contribution in [-0.2, 0) is 30.8 Å². The van der Waals surface area contributed by atoms with Crippen molar-refractivity contribution in [2.24, 2.45) is 0 Å². The predicted molar refractivity (Wildman–Crippen MR) is 182 cm³/mol. The van der Waals surface area contributed by atoms with Crippen LogP contribution >= 0.6 is 0 Å². The summed E-state index contributed by atoms with van der Waals surface area (Å²) in [7, 11) is -3.14. The number of halogens is 4. The van der Waals surface area contributed by atoms with Gasteiger partial charge in [0.15, 0.2) is 12.4 Å². The second kappa shape index (κ2) is 15.9. The summed E-state index contributed by atoms with van der Waals surface area (Å²) >= 11 is 0. The molecule has 0 saturated heterocycles. The van der Waals surface area contributed by atoms with Crippen molar-refractivity contribution in [2.75, 3.05) is 35.4 Å². The van der Waals surface area contributed by atoms with Gasteiger partial charge in [0.2, 0.25) is 5.95 Å².